The summed E-state index contributed by atoms with van der Waals surface area (Å²) in [6.07, 6.45) is 1.60. The fourth-order valence-electron chi connectivity index (χ4n) is 3.43. The topological polar surface area (TPSA) is 59.8 Å². The van der Waals surface area contributed by atoms with Gasteiger partial charge in [-0.05, 0) is 60.4 Å². The van der Waals surface area contributed by atoms with E-state index >= 15 is 0 Å². The number of benzene rings is 2. The zero-order valence-electron chi connectivity index (χ0n) is 17.7. The number of nitrogens with zero attached hydrogens (tertiary/aromatic N) is 1. The Labute approximate surface area is 185 Å². The van der Waals surface area contributed by atoms with Gasteiger partial charge in [-0.15, -0.1) is 11.8 Å². The minimum Gasteiger partial charge on any atom is -0.497 e. The second-order valence-corrected chi connectivity index (χ2v) is 8.40. The molecule has 2 amide bonds. The molecule has 0 N–H and O–H groups in total. The molecule has 5 nitrogen and oxygen atoms in total. The number of methoxy groups -OCH3 is 1. The first kappa shape index (κ1) is 21.0. The highest BCUT2D eigenvalue weighted by molar-refractivity contribution is 8.03. The SMILES string of the molecule is COc1ccc(CN2C(=O)C(SCc3ccco3)=C(c3ccc(C)c(C)c3)C2=O)cc1. The molecule has 4 rings (SSSR count). The van der Waals surface area contributed by atoms with E-state index in [2.05, 4.69) is 0 Å². The Kier molecular flexibility index (Phi) is 6.00. The van der Waals surface area contributed by atoms with Crippen LogP contribution in [0, 0.1) is 13.8 Å². The van der Waals surface area contributed by atoms with Gasteiger partial charge in [-0.2, -0.15) is 0 Å². The van der Waals surface area contributed by atoms with E-state index in [1.165, 1.54) is 16.7 Å². The number of hydrogen-bond donors (Lipinski definition) is 0. The summed E-state index contributed by atoms with van der Waals surface area (Å²) < 4.78 is 10.6. The van der Waals surface area contributed by atoms with Crippen LogP contribution in [0.3, 0.4) is 0 Å². The van der Waals surface area contributed by atoms with Gasteiger partial charge in [-0.25, -0.2) is 0 Å². The van der Waals surface area contributed by atoms with Crippen LogP contribution in [0.25, 0.3) is 5.57 Å². The van der Waals surface area contributed by atoms with Crippen molar-refractivity contribution in [1.29, 1.82) is 0 Å². The number of furan rings is 1. The van der Waals surface area contributed by atoms with Gasteiger partial charge in [-0.3, -0.25) is 14.5 Å². The van der Waals surface area contributed by atoms with Crippen molar-refractivity contribution in [3.8, 4) is 5.75 Å². The Morgan fingerprint density at radius 1 is 0.968 bits per heavy atom. The first-order valence-electron chi connectivity index (χ1n) is 9.94. The smallest absolute Gasteiger partial charge is 0.268 e. The Balaban J connectivity index is 1.67. The number of imide groups is 1. The largest absolute Gasteiger partial charge is 0.497 e. The molecular formula is C25H23NO4S. The molecule has 1 aromatic heterocycles. The highest BCUT2D eigenvalue weighted by Crippen LogP contribution is 2.38. The molecule has 2 heterocycles. The zero-order valence-corrected chi connectivity index (χ0v) is 18.5. The van der Waals surface area contributed by atoms with Gasteiger partial charge in [0.05, 0.1) is 36.1 Å². The van der Waals surface area contributed by atoms with Crippen molar-refractivity contribution in [2.75, 3.05) is 7.11 Å². The van der Waals surface area contributed by atoms with Crippen molar-refractivity contribution in [2.45, 2.75) is 26.1 Å². The molecule has 0 bridgehead atoms. The third kappa shape index (κ3) is 4.30. The highest BCUT2D eigenvalue weighted by Gasteiger charge is 2.39. The molecular weight excluding hydrogens is 410 g/mol. The van der Waals surface area contributed by atoms with Crippen LogP contribution in [0.2, 0.25) is 0 Å². The van der Waals surface area contributed by atoms with Crippen LogP contribution in [-0.2, 0) is 21.9 Å². The molecule has 1 aliphatic rings. The van der Waals surface area contributed by atoms with Gasteiger partial charge in [0.25, 0.3) is 11.8 Å². The summed E-state index contributed by atoms with van der Waals surface area (Å²) in [6, 6.07) is 16.9. The lowest BCUT2D eigenvalue weighted by Gasteiger charge is -2.15. The maximum absolute atomic E-state index is 13.4. The van der Waals surface area contributed by atoms with E-state index in [0.29, 0.717) is 16.2 Å². The summed E-state index contributed by atoms with van der Waals surface area (Å²) in [5.74, 6) is 1.42. The number of amides is 2. The van der Waals surface area contributed by atoms with Gasteiger partial charge in [0.15, 0.2) is 0 Å². The Morgan fingerprint density at radius 3 is 2.39 bits per heavy atom. The normalized spacial score (nSPS) is 14.0. The molecule has 6 heteroatoms. The quantitative estimate of drug-likeness (QED) is 0.484. The molecule has 158 valence electrons. The predicted molar refractivity (Wildman–Crippen MR) is 121 cm³/mol. The van der Waals surface area contributed by atoms with E-state index in [0.717, 1.165) is 33.8 Å². The first-order chi connectivity index (χ1) is 15.0. The summed E-state index contributed by atoms with van der Waals surface area (Å²) in [7, 11) is 1.60. The molecule has 0 atom stereocenters. The maximum Gasteiger partial charge on any atom is 0.268 e. The molecule has 2 aromatic carbocycles. The Hall–Kier alpha value is -3.25. The maximum atomic E-state index is 13.4. The average Bonchev–Trinajstić information content (AvgIpc) is 3.37. The summed E-state index contributed by atoms with van der Waals surface area (Å²) in [5, 5.41) is 0. The van der Waals surface area contributed by atoms with Crippen LogP contribution in [0.15, 0.2) is 70.2 Å². The molecule has 0 saturated heterocycles. The van der Waals surface area contributed by atoms with Gasteiger partial charge in [0.1, 0.15) is 11.5 Å². The van der Waals surface area contributed by atoms with Crippen LogP contribution in [0.4, 0.5) is 0 Å². The molecule has 31 heavy (non-hydrogen) atoms. The monoisotopic (exact) mass is 433 g/mol. The van der Waals surface area contributed by atoms with E-state index in [4.69, 9.17) is 9.15 Å². The van der Waals surface area contributed by atoms with Crippen molar-refractivity contribution in [3.05, 3.63) is 93.8 Å². The standard InChI is InChI=1S/C25H23NO4S/c1-16-6-9-19(13-17(16)2)22-23(31-15-21-5-4-12-30-21)25(28)26(24(22)27)14-18-7-10-20(29-3)11-8-18/h4-13H,14-15H2,1-3H3. The number of carbonyl (C=O) groups is 2. The number of rotatable bonds is 7. The van der Waals surface area contributed by atoms with Crippen LogP contribution in [0.1, 0.15) is 28.0 Å². The van der Waals surface area contributed by atoms with Gasteiger partial charge < -0.3 is 9.15 Å². The van der Waals surface area contributed by atoms with E-state index in [1.54, 1.807) is 13.4 Å². The van der Waals surface area contributed by atoms with Gasteiger partial charge >= 0.3 is 0 Å². The van der Waals surface area contributed by atoms with Crippen molar-refractivity contribution < 1.29 is 18.7 Å². The van der Waals surface area contributed by atoms with Crippen molar-refractivity contribution in [2.24, 2.45) is 0 Å². The zero-order chi connectivity index (χ0) is 22.0. The second-order valence-electron chi connectivity index (χ2n) is 7.42. The second kappa shape index (κ2) is 8.86. The molecule has 0 radical (unpaired) electrons. The Morgan fingerprint density at radius 2 is 1.74 bits per heavy atom. The first-order valence-corrected chi connectivity index (χ1v) is 10.9. The lowest BCUT2D eigenvalue weighted by molar-refractivity contribution is -0.137. The predicted octanol–water partition coefficient (Wildman–Crippen LogP) is 5.12. The summed E-state index contributed by atoms with van der Waals surface area (Å²) >= 11 is 1.34. The fraction of sp³-hybridized carbons (Fsp3) is 0.200. The van der Waals surface area contributed by atoms with Crippen LogP contribution in [-0.4, -0.2) is 23.8 Å². The summed E-state index contributed by atoms with van der Waals surface area (Å²) in [4.78, 5) is 28.5. The van der Waals surface area contributed by atoms with E-state index < -0.39 is 0 Å². The third-order valence-corrected chi connectivity index (χ3v) is 6.46. The Bertz CT molecular complexity index is 1150. The van der Waals surface area contributed by atoms with E-state index in [9.17, 15) is 9.59 Å². The fourth-order valence-corrected chi connectivity index (χ4v) is 4.47. The van der Waals surface area contributed by atoms with Crippen molar-refractivity contribution in [1.82, 2.24) is 4.90 Å². The number of aryl methyl sites for hydroxylation is 2. The lowest BCUT2D eigenvalue weighted by Crippen LogP contribution is -2.30. The van der Waals surface area contributed by atoms with Gasteiger partial charge in [-0.1, -0.05) is 30.3 Å². The summed E-state index contributed by atoms with van der Waals surface area (Å²) in [6.45, 7) is 4.24. The number of thioether (sulfide) groups is 1. The number of carbonyl (C=O) groups excluding carboxylic acids is 2. The minimum atomic E-state index is -0.273. The molecule has 0 spiro atoms. The third-order valence-electron chi connectivity index (χ3n) is 5.36. The van der Waals surface area contributed by atoms with Crippen LogP contribution in [0.5, 0.6) is 5.75 Å². The van der Waals surface area contributed by atoms with Gasteiger partial charge in [0, 0.05) is 0 Å². The molecule has 0 aliphatic carbocycles. The summed E-state index contributed by atoms with van der Waals surface area (Å²) in [5.41, 5.74) is 4.30. The number of ether oxygens (including phenoxy) is 1. The van der Waals surface area contributed by atoms with Crippen LogP contribution >= 0.6 is 11.8 Å². The molecule has 1 aliphatic heterocycles. The number of hydrogen-bond acceptors (Lipinski definition) is 5. The van der Waals surface area contributed by atoms with Gasteiger partial charge in [0.2, 0.25) is 0 Å². The highest BCUT2D eigenvalue weighted by atomic mass is 32.2. The van der Waals surface area contributed by atoms with E-state index in [-0.39, 0.29) is 18.4 Å². The van der Waals surface area contributed by atoms with Crippen LogP contribution < -0.4 is 4.74 Å². The molecule has 0 unspecified atom stereocenters. The van der Waals surface area contributed by atoms with Crippen molar-refractivity contribution in [3.63, 3.8) is 0 Å². The molecule has 0 fully saturated rings. The average molecular weight is 434 g/mol. The minimum absolute atomic E-state index is 0.209. The van der Waals surface area contributed by atoms with E-state index in [1.807, 2.05) is 68.4 Å². The van der Waals surface area contributed by atoms with Crippen molar-refractivity contribution >= 4 is 29.1 Å². The molecule has 3 aromatic rings. The lowest BCUT2D eigenvalue weighted by atomic mass is 10.0. The molecule has 0 saturated carbocycles.